The van der Waals surface area contributed by atoms with Gasteiger partial charge in [0.1, 0.15) is 5.82 Å². The minimum Gasteiger partial charge on any atom is -0.320 e. The molecule has 4 aromatic rings. The summed E-state index contributed by atoms with van der Waals surface area (Å²) < 4.78 is 3.45. The van der Waals surface area contributed by atoms with Crippen LogP contribution in [0.15, 0.2) is 77.5 Å². The molecule has 2 aromatic carbocycles. The molecule has 0 bridgehead atoms. The number of benzene rings is 2. The van der Waals surface area contributed by atoms with Gasteiger partial charge in [0.15, 0.2) is 0 Å². The molecule has 0 aliphatic heterocycles. The Hall–Kier alpha value is -2.11. The fraction of sp³-hybridized carbons (Fsp3) is 0.182. The van der Waals surface area contributed by atoms with E-state index in [0.29, 0.717) is 0 Å². The second-order valence-electron chi connectivity index (χ2n) is 6.47. The molecule has 3 nitrogen and oxygen atoms in total. The molecule has 2 aromatic heterocycles. The highest BCUT2D eigenvalue weighted by Gasteiger charge is 2.17. The number of pyridine rings is 1. The van der Waals surface area contributed by atoms with Crippen molar-refractivity contribution >= 4 is 38.7 Å². The van der Waals surface area contributed by atoms with Crippen LogP contribution < -0.4 is 0 Å². The van der Waals surface area contributed by atoms with Crippen molar-refractivity contribution in [3.05, 3.63) is 94.5 Å². The van der Waals surface area contributed by atoms with E-state index in [2.05, 4.69) is 93.1 Å². The number of hydrogen-bond acceptors (Lipinski definition) is 3. The van der Waals surface area contributed by atoms with Gasteiger partial charge in [0.2, 0.25) is 0 Å². The van der Waals surface area contributed by atoms with Crippen molar-refractivity contribution in [1.82, 2.24) is 14.5 Å². The van der Waals surface area contributed by atoms with Crippen LogP contribution in [0.3, 0.4) is 0 Å². The van der Waals surface area contributed by atoms with Crippen LogP contribution in [0.4, 0.5) is 0 Å². The van der Waals surface area contributed by atoms with E-state index in [9.17, 15) is 0 Å². The first-order valence-electron chi connectivity index (χ1n) is 8.90. The molecule has 0 amide bonds. The van der Waals surface area contributed by atoms with Crippen LogP contribution in [-0.2, 0) is 11.5 Å². The van der Waals surface area contributed by atoms with Crippen LogP contribution >= 0.6 is 27.7 Å². The van der Waals surface area contributed by atoms with Gasteiger partial charge in [-0.3, -0.25) is 4.98 Å². The zero-order valence-corrected chi connectivity index (χ0v) is 17.5. The second kappa shape index (κ2) is 8.28. The van der Waals surface area contributed by atoms with Crippen molar-refractivity contribution in [2.45, 2.75) is 24.5 Å². The van der Waals surface area contributed by atoms with Crippen LogP contribution in [0.2, 0.25) is 0 Å². The lowest BCUT2D eigenvalue weighted by Crippen LogP contribution is -2.10. The van der Waals surface area contributed by atoms with E-state index in [4.69, 9.17) is 4.98 Å². The molecule has 0 aliphatic carbocycles. The SMILES string of the molecule is CC(c1ccccc1)n1c(CSCc2ccncc2)nc2ccc(Br)cc21. The zero-order valence-electron chi connectivity index (χ0n) is 15.0. The molecule has 2 heterocycles. The minimum atomic E-state index is 0.224. The van der Waals surface area contributed by atoms with E-state index in [1.807, 2.05) is 24.2 Å². The van der Waals surface area contributed by atoms with Gasteiger partial charge < -0.3 is 4.57 Å². The molecular formula is C22H20BrN3S. The number of halogens is 1. The number of imidazole rings is 1. The summed E-state index contributed by atoms with van der Waals surface area (Å²) in [5.74, 6) is 2.93. The molecule has 0 N–H and O–H groups in total. The van der Waals surface area contributed by atoms with Crippen molar-refractivity contribution in [1.29, 1.82) is 0 Å². The molecule has 0 aliphatic rings. The molecule has 1 unspecified atom stereocenters. The summed E-state index contributed by atoms with van der Waals surface area (Å²) in [4.78, 5) is 9.03. The van der Waals surface area contributed by atoms with Crippen LogP contribution in [0, 0.1) is 0 Å². The standard InChI is InChI=1S/C22H20BrN3S/c1-16(18-5-3-2-4-6-18)26-21-13-19(23)7-8-20(21)25-22(26)15-27-14-17-9-11-24-12-10-17/h2-13,16H,14-15H2,1H3. The van der Waals surface area contributed by atoms with E-state index in [1.165, 1.54) is 16.6 Å². The summed E-state index contributed by atoms with van der Waals surface area (Å²) in [7, 11) is 0. The molecule has 5 heteroatoms. The molecule has 1 atom stereocenters. The van der Waals surface area contributed by atoms with Gasteiger partial charge in [-0.15, -0.1) is 11.8 Å². The maximum Gasteiger partial charge on any atom is 0.120 e. The monoisotopic (exact) mass is 437 g/mol. The first kappa shape index (κ1) is 18.3. The number of aromatic nitrogens is 3. The molecule has 0 saturated carbocycles. The Labute approximate surface area is 172 Å². The summed E-state index contributed by atoms with van der Waals surface area (Å²) >= 11 is 5.50. The Kier molecular flexibility index (Phi) is 5.60. The topological polar surface area (TPSA) is 30.7 Å². The third-order valence-corrected chi connectivity index (χ3v) is 6.14. The summed E-state index contributed by atoms with van der Waals surface area (Å²) in [6.45, 7) is 2.24. The quantitative estimate of drug-likeness (QED) is 0.357. The van der Waals surface area contributed by atoms with Gasteiger partial charge in [0.05, 0.1) is 22.8 Å². The first-order valence-corrected chi connectivity index (χ1v) is 10.8. The number of fused-ring (bicyclic) bond motifs is 1. The van der Waals surface area contributed by atoms with Gasteiger partial charge in [0.25, 0.3) is 0 Å². The number of nitrogens with zero attached hydrogens (tertiary/aromatic N) is 3. The molecule has 0 saturated heterocycles. The average Bonchev–Trinajstić information content (AvgIpc) is 3.06. The fourth-order valence-corrected chi connectivity index (χ4v) is 4.54. The summed E-state index contributed by atoms with van der Waals surface area (Å²) in [6.07, 6.45) is 3.69. The van der Waals surface area contributed by atoms with Crippen molar-refractivity contribution in [3.63, 3.8) is 0 Å². The lowest BCUT2D eigenvalue weighted by molar-refractivity contribution is 0.634. The average molecular weight is 438 g/mol. The third kappa shape index (κ3) is 4.09. The van der Waals surface area contributed by atoms with Gasteiger partial charge in [-0.05, 0) is 48.4 Å². The zero-order chi connectivity index (χ0) is 18.6. The van der Waals surface area contributed by atoms with Gasteiger partial charge in [0, 0.05) is 22.6 Å². The van der Waals surface area contributed by atoms with E-state index < -0.39 is 0 Å². The summed E-state index contributed by atoms with van der Waals surface area (Å²) in [5.41, 5.74) is 4.79. The van der Waals surface area contributed by atoms with Crippen LogP contribution in [0.25, 0.3) is 11.0 Å². The molecule has 0 spiro atoms. The lowest BCUT2D eigenvalue weighted by Gasteiger charge is -2.18. The fourth-order valence-electron chi connectivity index (χ4n) is 3.27. The van der Waals surface area contributed by atoms with Crippen molar-refractivity contribution in [3.8, 4) is 0 Å². The molecule has 27 heavy (non-hydrogen) atoms. The maximum absolute atomic E-state index is 4.94. The minimum absolute atomic E-state index is 0.224. The lowest BCUT2D eigenvalue weighted by atomic mass is 10.1. The Morgan fingerprint density at radius 1 is 1.00 bits per heavy atom. The van der Waals surface area contributed by atoms with Crippen molar-refractivity contribution in [2.24, 2.45) is 0 Å². The van der Waals surface area contributed by atoms with Gasteiger partial charge in [-0.25, -0.2) is 4.98 Å². The van der Waals surface area contributed by atoms with E-state index in [0.717, 1.165) is 27.3 Å². The Balaban J connectivity index is 1.67. The summed E-state index contributed by atoms with van der Waals surface area (Å²) in [6, 6.07) is 21.3. The van der Waals surface area contributed by atoms with Crippen molar-refractivity contribution < 1.29 is 0 Å². The third-order valence-electron chi connectivity index (χ3n) is 4.64. The summed E-state index contributed by atoms with van der Waals surface area (Å²) in [5, 5.41) is 0. The number of rotatable bonds is 6. The molecule has 0 radical (unpaired) electrons. The maximum atomic E-state index is 4.94. The van der Waals surface area contributed by atoms with Gasteiger partial charge >= 0.3 is 0 Å². The van der Waals surface area contributed by atoms with Crippen molar-refractivity contribution in [2.75, 3.05) is 0 Å². The van der Waals surface area contributed by atoms with E-state index in [1.54, 1.807) is 0 Å². The normalized spacial score (nSPS) is 12.4. The van der Waals surface area contributed by atoms with Gasteiger partial charge in [-0.2, -0.15) is 0 Å². The number of thioether (sulfide) groups is 1. The Morgan fingerprint density at radius 2 is 1.78 bits per heavy atom. The highest BCUT2D eigenvalue weighted by atomic mass is 79.9. The molecule has 0 fully saturated rings. The first-order chi connectivity index (χ1) is 13.2. The van der Waals surface area contributed by atoms with Crippen LogP contribution in [0.1, 0.15) is 29.9 Å². The van der Waals surface area contributed by atoms with E-state index in [-0.39, 0.29) is 6.04 Å². The largest absolute Gasteiger partial charge is 0.320 e. The molecule has 136 valence electrons. The highest BCUT2D eigenvalue weighted by Crippen LogP contribution is 2.30. The van der Waals surface area contributed by atoms with Crippen LogP contribution in [0.5, 0.6) is 0 Å². The predicted octanol–water partition coefficient (Wildman–Crippen LogP) is 6.24. The molecule has 4 rings (SSSR count). The second-order valence-corrected chi connectivity index (χ2v) is 8.37. The number of hydrogen-bond donors (Lipinski definition) is 0. The Bertz CT molecular complexity index is 1030. The van der Waals surface area contributed by atoms with E-state index >= 15 is 0 Å². The van der Waals surface area contributed by atoms with Crippen LogP contribution in [-0.4, -0.2) is 14.5 Å². The Morgan fingerprint density at radius 3 is 2.56 bits per heavy atom. The predicted molar refractivity (Wildman–Crippen MR) is 117 cm³/mol. The van der Waals surface area contributed by atoms with Gasteiger partial charge in [-0.1, -0.05) is 46.3 Å². The highest BCUT2D eigenvalue weighted by molar-refractivity contribution is 9.10. The smallest absolute Gasteiger partial charge is 0.120 e. The molecular weight excluding hydrogens is 418 g/mol.